The molecular formula is C13H18O2. The summed E-state index contributed by atoms with van der Waals surface area (Å²) in [7, 11) is 0. The molecule has 0 amide bonds. The molecule has 82 valence electrons. The Labute approximate surface area is 91.8 Å². The van der Waals surface area contributed by atoms with Crippen LogP contribution in [0.15, 0.2) is 56.0 Å². The molecule has 2 nitrogen and oxygen atoms in total. The van der Waals surface area contributed by atoms with Crippen molar-refractivity contribution in [2.75, 3.05) is 6.61 Å². The smallest absolute Gasteiger partial charge is 0.0829 e. The van der Waals surface area contributed by atoms with Gasteiger partial charge < -0.3 is 9.47 Å². The molecule has 0 saturated heterocycles. The van der Waals surface area contributed by atoms with Crippen molar-refractivity contribution in [1.29, 1.82) is 0 Å². The molecule has 0 bridgehead atoms. The average Bonchev–Trinajstić information content (AvgIpc) is 2.30. The fourth-order valence-corrected chi connectivity index (χ4v) is 0.862. The van der Waals surface area contributed by atoms with Gasteiger partial charge in [-0.2, -0.15) is 0 Å². The Morgan fingerprint density at radius 1 is 1.13 bits per heavy atom. The van der Waals surface area contributed by atoms with Crippen molar-refractivity contribution in [1.82, 2.24) is 0 Å². The van der Waals surface area contributed by atoms with E-state index in [0.29, 0.717) is 0 Å². The maximum Gasteiger partial charge on any atom is 0.0829 e. The molecule has 0 aliphatic rings. The highest BCUT2D eigenvalue weighted by Gasteiger charge is 1.86. The molecule has 0 spiro atoms. The van der Waals surface area contributed by atoms with Gasteiger partial charge in [0.25, 0.3) is 0 Å². The SMILES string of the molecule is C=COC=C.CCOCc1ccccc1. The summed E-state index contributed by atoms with van der Waals surface area (Å²) in [6.45, 7) is 10.0. The first-order valence-electron chi connectivity index (χ1n) is 4.84. The van der Waals surface area contributed by atoms with Gasteiger partial charge in [-0.05, 0) is 12.5 Å². The summed E-state index contributed by atoms with van der Waals surface area (Å²) in [5, 5.41) is 0. The van der Waals surface area contributed by atoms with Gasteiger partial charge in [-0.3, -0.25) is 0 Å². The highest BCUT2D eigenvalue weighted by molar-refractivity contribution is 5.13. The summed E-state index contributed by atoms with van der Waals surface area (Å²) in [5.41, 5.74) is 1.24. The quantitative estimate of drug-likeness (QED) is 0.686. The first kappa shape index (κ1) is 13.5. The Kier molecular flexibility index (Phi) is 9.46. The Morgan fingerprint density at radius 3 is 2.13 bits per heavy atom. The topological polar surface area (TPSA) is 18.5 Å². The molecule has 0 atom stereocenters. The molecule has 1 aromatic carbocycles. The van der Waals surface area contributed by atoms with Crippen molar-refractivity contribution in [3.05, 3.63) is 61.6 Å². The van der Waals surface area contributed by atoms with E-state index in [1.165, 1.54) is 18.1 Å². The van der Waals surface area contributed by atoms with Gasteiger partial charge in [0, 0.05) is 6.61 Å². The van der Waals surface area contributed by atoms with Crippen LogP contribution in [0.5, 0.6) is 0 Å². The third-order valence-electron chi connectivity index (χ3n) is 1.51. The van der Waals surface area contributed by atoms with Crippen LogP contribution in [0.25, 0.3) is 0 Å². The second-order valence-electron chi connectivity index (χ2n) is 2.59. The molecule has 0 N–H and O–H groups in total. The van der Waals surface area contributed by atoms with Gasteiger partial charge in [0.2, 0.25) is 0 Å². The van der Waals surface area contributed by atoms with E-state index < -0.39 is 0 Å². The predicted molar refractivity (Wildman–Crippen MR) is 63.3 cm³/mol. The van der Waals surface area contributed by atoms with Gasteiger partial charge in [0.1, 0.15) is 0 Å². The third kappa shape index (κ3) is 8.78. The summed E-state index contributed by atoms with van der Waals surface area (Å²) >= 11 is 0. The normalized spacial score (nSPS) is 8.33. The number of hydrogen-bond acceptors (Lipinski definition) is 2. The minimum Gasteiger partial charge on any atom is -0.474 e. The molecule has 0 aromatic heterocycles. The molecule has 0 heterocycles. The Hall–Kier alpha value is -1.54. The monoisotopic (exact) mass is 206 g/mol. The van der Waals surface area contributed by atoms with E-state index in [1.807, 2.05) is 25.1 Å². The Morgan fingerprint density at radius 2 is 1.73 bits per heavy atom. The second kappa shape index (κ2) is 10.5. The zero-order valence-corrected chi connectivity index (χ0v) is 9.19. The molecule has 0 unspecified atom stereocenters. The predicted octanol–water partition coefficient (Wildman–Crippen LogP) is 3.51. The van der Waals surface area contributed by atoms with Crippen LogP contribution in [0.3, 0.4) is 0 Å². The van der Waals surface area contributed by atoms with Crippen LogP contribution >= 0.6 is 0 Å². The van der Waals surface area contributed by atoms with E-state index >= 15 is 0 Å². The molecule has 0 aliphatic heterocycles. The highest BCUT2D eigenvalue weighted by atomic mass is 16.5. The van der Waals surface area contributed by atoms with Crippen LogP contribution < -0.4 is 0 Å². The summed E-state index contributed by atoms with van der Waals surface area (Å²) in [4.78, 5) is 0. The fraction of sp³-hybridized carbons (Fsp3) is 0.231. The molecular weight excluding hydrogens is 188 g/mol. The van der Waals surface area contributed by atoms with E-state index in [9.17, 15) is 0 Å². The van der Waals surface area contributed by atoms with Gasteiger partial charge in [0.05, 0.1) is 19.1 Å². The summed E-state index contributed by atoms with van der Waals surface area (Å²) < 4.78 is 9.58. The minimum absolute atomic E-state index is 0.733. The van der Waals surface area contributed by atoms with Crippen LogP contribution in [0.4, 0.5) is 0 Å². The largest absolute Gasteiger partial charge is 0.474 e. The van der Waals surface area contributed by atoms with Gasteiger partial charge in [-0.15, -0.1) is 0 Å². The molecule has 0 saturated carbocycles. The molecule has 0 fully saturated rings. The van der Waals surface area contributed by atoms with Gasteiger partial charge in [0.15, 0.2) is 0 Å². The van der Waals surface area contributed by atoms with Gasteiger partial charge in [-0.1, -0.05) is 43.5 Å². The summed E-state index contributed by atoms with van der Waals surface area (Å²) in [5.74, 6) is 0. The van der Waals surface area contributed by atoms with Crippen molar-refractivity contribution in [3.8, 4) is 0 Å². The molecule has 15 heavy (non-hydrogen) atoms. The summed E-state index contributed by atoms with van der Waals surface area (Å²) in [6, 6.07) is 10.2. The molecule has 2 heteroatoms. The van der Waals surface area contributed by atoms with E-state index in [2.05, 4.69) is 30.0 Å². The lowest BCUT2D eigenvalue weighted by Gasteiger charge is -1.98. The minimum atomic E-state index is 0.733. The molecule has 1 aromatic rings. The Balaban J connectivity index is 0.000000336. The van der Waals surface area contributed by atoms with Crippen molar-refractivity contribution in [2.45, 2.75) is 13.5 Å². The van der Waals surface area contributed by atoms with Crippen LogP contribution in [-0.4, -0.2) is 6.61 Å². The first-order chi connectivity index (χ1) is 7.35. The number of benzene rings is 1. The van der Waals surface area contributed by atoms with Crippen LogP contribution in [0.1, 0.15) is 12.5 Å². The van der Waals surface area contributed by atoms with E-state index in [0.717, 1.165) is 13.2 Å². The van der Waals surface area contributed by atoms with Crippen LogP contribution in [0, 0.1) is 0 Å². The fourth-order valence-electron chi connectivity index (χ4n) is 0.862. The van der Waals surface area contributed by atoms with E-state index in [-0.39, 0.29) is 0 Å². The van der Waals surface area contributed by atoms with Crippen molar-refractivity contribution in [3.63, 3.8) is 0 Å². The van der Waals surface area contributed by atoms with E-state index in [4.69, 9.17) is 4.74 Å². The van der Waals surface area contributed by atoms with E-state index in [1.54, 1.807) is 0 Å². The maximum absolute atomic E-state index is 5.22. The standard InChI is InChI=1S/C9H12O.C4H6O/c1-2-10-8-9-6-4-3-5-7-9;1-3-5-4-2/h3-7H,2,8H2,1H3;3-4H,1-2H2. The average molecular weight is 206 g/mol. The van der Waals surface area contributed by atoms with Crippen LogP contribution in [-0.2, 0) is 16.1 Å². The molecule has 0 radical (unpaired) electrons. The van der Waals surface area contributed by atoms with Crippen molar-refractivity contribution < 1.29 is 9.47 Å². The lowest BCUT2D eigenvalue weighted by molar-refractivity contribution is 0.134. The maximum atomic E-state index is 5.22. The second-order valence-corrected chi connectivity index (χ2v) is 2.59. The van der Waals surface area contributed by atoms with Gasteiger partial charge in [-0.25, -0.2) is 0 Å². The third-order valence-corrected chi connectivity index (χ3v) is 1.51. The lowest BCUT2D eigenvalue weighted by atomic mass is 10.2. The number of rotatable bonds is 5. The summed E-state index contributed by atoms with van der Waals surface area (Å²) in [6.07, 6.45) is 2.62. The zero-order valence-electron chi connectivity index (χ0n) is 9.19. The van der Waals surface area contributed by atoms with Crippen molar-refractivity contribution >= 4 is 0 Å². The zero-order chi connectivity index (χ0) is 11.4. The molecule has 0 aliphatic carbocycles. The number of hydrogen-bond donors (Lipinski definition) is 0. The number of ether oxygens (including phenoxy) is 2. The van der Waals surface area contributed by atoms with Crippen molar-refractivity contribution in [2.24, 2.45) is 0 Å². The lowest BCUT2D eigenvalue weighted by Crippen LogP contribution is -1.90. The van der Waals surface area contributed by atoms with Crippen LogP contribution in [0.2, 0.25) is 0 Å². The highest BCUT2D eigenvalue weighted by Crippen LogP contribution is 1.99. The first-order valence-corrected chi connectivity index (χ1v) is 4.84. The Bertz CT molecular complexity index is 248. The van der Waals surface area contributed by atoms with Gasteiger partial charge >= 0.3 is 0 Å². The molecule has 1 rings (SSSR count).